The van der Waals surface area contributed by atoms with Crippen LogP contribution in [-0.4, -0.2) is 49.0 Å². The molecule has 0 saturated heterocycles. The first-order valence-electron chi connectivity index (χ1n) is 8.25. The lowest BCUT2D eigenvalue weighted by atomic mass is 10.2. The van der Waals surface area contributed by atoms with Gasteiger partial charge in [0.2, 0.25) is 5.16 Å². The smallest absolute Gasteiger partial charge is 0.274 e. The number of sulfonamides is 1. The van der Waals surface area contributed by atoms with Crippen LogP contribution in [0.4, 0.5) is 0 Å². The summed E-state index contributed by atoms with van der Waals surface area (Å²) in [4.78, 5) is 9.28. The van der Waals surface area contributed by atoms with Crippen LogP contribution in [0.15, 0.2) is 23.4 Å². The molecule has 8 heteroatoms. The van der Waals surface area contributed by atoms with Gasteiger partial charge in [0.15, 0.2) is 0 Å². The van der Waals surface area contributed by atoms with Crippen molar-refractivity contribution in [2.45, 2.75) is 44.8 Å². The molecule has 0 amide bonds. The van der Waals surface area contributed by atoms with Crippen LogP contribution >= 0.6 is 11.6 Å². The van der Waals surface area contributed by atoms with Gasteiger partial charge in [0.05, 0.1) is 11.0 Å². The first kappa shape index (κ1) is 19.2. The SMILES string of the molecule is CCN(CC)CCCC(C)NS(=O)(=O)c1nc2ccc(Cl)cc2[nH]1. The van der Waals surface area contributed by atoms with Crippen LogP contribution in [0.2, 0.25) is 5.02 Å². The van der Waals surface area contributed by atoms with E-state index < -0.39 is 10.0 Å². The molecular formula is C16H25ClN4O2S. The molecule has 1 aromatic heterocycles. The van der Waals surface area contributed by atoms with Gasteiger partial charge in [-0.15, -0.1) is 0 Å². The second-order valence-corrected chi connectivity index (χ2v) is 7.96. The van der Waals surface area contributed by atoms with Gasteiger partial charge in [-0.05, 0) is 57.6 Å². The van der Waals surface area contributed by atoms with E-state index in [2.05, 4.69) is 33.4 Å². The van der Waals surface area contributed by atoms with Gasteiger partial charge in [-0.3, -0.25) is 0 Å². The Bertz CT molecular complexity index is 771. The standard InChI is InChI=1S/C16H25ClN4O2S/c1-4-21(5-2)10-6-7-12(3)20-24(22,23)16-18-14-9-8-13(17)11-15(14)19-16/h8-9,11-12,20H,4-7,10H2,1-3H3,(H,18,19). The third-order valence-electron chi connectivity index (χ3n) is 4.04. The number of halogens is 1. The van der Waals surface area contributed by atoms with E-state index in [1.54, 1.807) is 18.2 Å². The monoisotopic (exact) mass is 372 g/mol. The number of nitrogens with zero attached hydrogens (tertiary/aromatic N) is 2. The number of hydrogen-bond acceptors (Lipinski definition) is 4. The van der Waals surface area contributed by atoms with Crippen molar-refractivity contribution in [3.8, 4) is 0 Å². The maximum atomic E-state index is 12.5. The van der Waals surface area contributed by atoms with Crippen molar-refractivity contribution in [2.75, 3.05) is 19.6 Å². The molecular weight excluding hydrogens is 348 g/mol. The number of nitrogens with one attached hydrogen (secondary N) is 2. The fraction of sp³-hybridized carbons (Fsp3) is 0.562. The number of fused-ring (bicyclic) bond motifs is 1. The minimum atomic E-state index is -3.67. The maximum absolute atomic E-state index is 12.5. The minimum Gasteiger partial charge on any atom is -0.328 e. The highest BCUT2D eigenvalue weighted by atomic mass is 35.5. The molecule has 0 aliphatic rings. The van der Waals surface area contributed by atoms with E-state index in [0.717, 1.165) is 32.5 Å². The predicted octanol–water partition coefficient (Wildman–Crippen LogP) is 3.01. The first-order chi connectivity index (χ1) is 11.4. The zero-order valence-corrected chi connectivity index (χ0v) is 15.9. The molecule has 1 unspecified atom stereocenters. The summed E-state index contributed by atoms with van der Waals surface area (Å²) in [6, 6.07) is 4.89. The van der Waals surface area contributed by atoms with Crippen LogP contribution in [-0.2, 0) is 10.0 Å². The zero-order chi connectivity index (χ0) is 17.7. The fourth-order valence-corrected chi connectivity index (χ4v) is 4.02. The molecule has 2 N–H and O–H groups in total. The van der Waals surface area contributed by atoms with Crippen molar-refractivity contribution in [1.29, 1.82) is 0 Å². The molecule has 0 spiro atoms. The molecule has 0 bridgehead atoms. The Morgan fingerprint density at radius 3 is 2.71 bits per heavy atom. The van der Waals surface area contributed by atoms with E-state index in [-0.39, 0.29) is 11.2 Å². The Kier molecular flexibility index (Phi) is 6.62. The van der Waals surface area contributed by atoms with Crippen LogP contribution in [0, 0.1) is 0 Å². The Hall–Kier alpha value is -1.15. The summed E-state index contributed by atoms with van der Waals surface area (Å²) in [5.74, 6) is 0. The van der Waals surface area contributed by atoms with E-state index in [4.69, 9.17) is 11.6 Å². The topological polar surface area (TPSA) is 78.1 Å². The molecule has 0 aliphatic heterocycles. The quantitative estimate of drug-likeness (QED) is 0.709. The largest absolute Gasteiger partial charge is 0.328 e. The van der Waals surface area contributed by atoms with Crippen molar-refractivity contribution >= 4 is 32.7 Å². The molecule has 2 aromatic rings. The van der Waals surface area contributed by atoms with Gasteiger partial charge < -0.3 is 9.88 Å². The number of hydrogen-bond donors (Lipinski definition) is 2. The second kappa shape index (κ2) is 8.29. The summed E-state index contributed by atoms with van der Waals surface area (Å²) in [5.41, 5.74) is 1.19. The third-order valence-corrected chi connectivity index (χ3v) is 5.69. The Balaban J connectivity index is 1.98. The summed E-state index contributed by atoms with van der Waals surface area (Å²) < 4.78 is 27.6. The highest BCUT2D eigenvalue weighted by Gasteiger charge is 2.21. The number of rotatable bonds is 9. The van der Waals surface area contributed by atoms with E-state index in [0.29, 0.717) is 16.1 Å². The van der Waals surface area contributed by atoms with Gasteiger partial charge in [0.1, 0.15) is 0 Å². The average molecular weight is 373 g/mol. The van der Waals surface area contributed by atoms with Crippen LogP contribution < -0.4 is 4.72 Å². The van der Waals surface area contributed by atoms with Gasteiger partial charge in [0.25, 0.3) is 10.0 Å². The van der Waals surface area contributed by atoms with E-state index in [1.165, 1.54) is 0 Å². The number of aromatic nitrogens is 2. The Morgan fingerprint density at radius 1 is 1.33 bits per heavy atom. The fourth-order valence-electron chi connectivity index (χ4n) is 2.63. The van der Waals surface area contributed by atoms with E-state index in [1.807, 2.05) is 6.92 Å². The molecule has 1 heterocycles. The summed E-state index contributed by atoms with van der Waals surface area (Å²) in [6.07, 6.45) is 1.73. The summed E-state index contributed by atoms with van der Waals surface area (Å²) in [7, 11) is -3.67. The molecule has 1 atom stereocenters. The Labute approximate surface area is 148 Å². The van der Waals surface area contributed by atoms with Crippen molar-refractivity contribution in [2.24, 2.45) is 0 Å². The molecule has 0 radical (unpaired) electrons. The van der Waals surface area contributed by atoms with E-state index in [9.17, 15) is 8.42 Å². The highest BCUT2D eigenvalue weighted by molar-refractivity contribution is 7.89. The van der Waals surface area contributed by atoms with Gasteiger partial charge in [-0.1, -0.05) is 25.4 Å². The lowest BCUT2D eigenvalue weighted by Crippen LogP contribution is -2.34. The lowest BCUT2D eigenvalue weighted by molar-refractivity contribution is 0.293. The third kappa shape index (κ3) is 4.92. The normalized spacial score (nSPS) is 13.7. The summed E-state index contributed by atoms with van der Waals surface area (Å²) in [5, 5.41) is 0.461. The van der Waals surface area contributed by atoms with Gasteiger partial charge in [0, 0.05) is 11.1 Å². The van der Waals surface area contributed by atoms with Crippen molar-refractivity contribution in [3.05, 3.63) is 23.2 Å². The van der Waals surface area contributed by atoms with Gasteiger partial charge in [-0.25, -0.2) is 18.1 Å². The molecule has 0 aliphatic carbocycles. The van der Waals surface area contributed by atoms with Gasteiger partial charge in [-0.2, -0.15) is 0 Å². The molecule has 6 nitrogen and oxygen atoms in total. The molecule has 1 aromatic carbocycles. The van der Waals surface area contributed by atoms with Crippen LogP contribution in [0.25, 0.3) is 11.0 Å². The second-order valence-electron chi connectivity index (χ2n) is 5.89. The lowest BCUT2D eigenvalue weighted by Gasteiger charge is -2.19. The summed E-state index contributed by atoms with van der Waals surface area (Å²) in [6.45, 7) is 9.13. The number of H-pyrrole nitrogens is 1. The number of aromatic amines is 1. The van der Waals surface area contributed by atoms with Crippen LogP contribution in [0.3, 0.4) is 0 Å². The minimum absolute atomic E-state index is 0.0737. The van der Waals surface area contributed by atoms with Crippen molar-refractivity contribution in [1.82, 2.24) is 19.6 Å². The summed E-state index contributed by atoms with van der Waals surface area (Å²) >= 11 is 5.92. The zero-order valence-electron chi connectivity index (χ0n) is 14.3. The molecule has 2 rings (SSSR count). The average Bonchev–Trinajstić information content (AvgIpc) is 2.95. The predicted molar refractivity (Wildman–Crippen MR) is 97.9 cm³/mol. The molecule has 134 valence electrons. The first-order valence-corrected chi connectivity index (χ1v) is 10.1. The van der Waals surface area contributed by atoms with Gasteiger partial charge >= 0.3 is 0 Å². The van der Waals surface area contributed by atoms with Crippen molar-refractivity contribution in [3.63, 3.8) is 0 Å². The van der Waals surface area contributed by atoms with Crippen molar-refractivity contribution < 1.29 is 8.42 Å². The number of benzene rings is 1. The molecule has 0 saturated carbocycles. The number of imidazole rings is 1. The van der Waals surface area contributed by atoms with Crippen LogP contribution in [0.1, 0.15) is 33.6 Å². The molecule has 24 heavy (non-hydrogen) atoms. The van der Waals surface area contributed by atoms with Crippen LogP contribution in [0.5, 0.6) is 0 Å². The Morgan fingerprint density at radius 2 is 2.04 bits per heavy atom. The highest BCUT2D eigenvalue weighted by Crippen LogP contribution is 2.19. The maximum Gasteiger partial charge on any atom is 0.274 e. The molecule has 0 fully saturated rings. The van der Waals surface area contributed by atoms with E-state index >= 15 is 0 Å².